The minimum absolute atomic E-state index is 0.0794. The zero-order valence-electron chi connectivity index (χ0n) is 12.3. The van der Waals surface area contributed by atoms with Crippen LogP contribution in [0, 0.1) is 5.82 Å². The van der Waals surface area contributed by atoms with Crippen molar-refractivity contribution >= 4 is 11.9 Å². The van der Waals surface area contributed by atoms with Gasteiger partial charge in [-0.15, -0.1) is 0 Å². The SMILES string of the molecule is CCCC(C)(NCC(=O)NCc1ccc(F)cc1)C(=O)O. The van der Waals surface area contributed by atoms with E-state index in [0.717, 1.165) is 5.56 Å². The third kappa shape index (κ3) is 5.51. The zero-order valence-corrected chi connectivity index (χ0v) is 12.3. The first kappa shape index (κ1) is 17.1. The average molecular weight is 296 g/mol. The Hall–Kier alpha value is -1.95. The molecule has 0 bridgehead atoms. The van der Waals surface area contributed by atoms with E-state index in [-0.39, 0.29) is 24.8 Å². The Labute approximate surface area is 123 Å². The van der Waals surface area contributed by atoms with Crippen molar-refractivity contribution in [1.82, 2.24) is 10.6 Å². The number of rotatable bonds is 8. The maximum Gasteiger partial charge on any atom is 0.323 e. The molecule has 0 saturated heterocycles. The quantitative estimate of drug-likeness (QED) is 0.682. The van der Waals surface area contributed by atoms with E-state index in [1.54, 1.807) is 19.1 Å². The summed E-state index contributed by atoms with van der Waals surface area (Å²) in [4.78, 5) is 22.9. The molecule has 116 valence electrons. The molecule has 1 aromatic rings. The molecule has 0 spiro atoms. The van der Waals surface area contributed by atoms with Crippen LogP contribution >= 0.6 is 0 Å². The molecular weight excluding hydrogens is 275 g/mol. The van der Waals surface area contributed by atoms with Crippen molar-refractivity contribution in [2.24, 2.45) is 0 Å². The number of hydrogen-bond acceptors (Lipinski definition) is 3. The van der Waals surface area contributed by atoms with Crippen LogP contribution in [-0.2, 0) is 16.1 Å². The standard InChI is InChI=1S/C15H21FN2O3/c1-3-8-15(2,14(20)21)18-10-13(19)17-9-11-4-6-12(16)7-5-11/h4-7,18H,3,8-10H2,1-2H3,(H,17,19)(H,20,21). The van der Waals surface area contributed by atoms with E-state index in [0.29, 0.717) is 12.8 Å². The summed E-state index contributed by atoms with van der Waals surface area (Å²) in [6.45, 7) is 3.64. The summed E-state index contributed by atoms with van der Waals surface area (Å²) < 4.78 is 12.7. The van der Waals surface area contributed by atoms with E-state index in [1.165, 1.54) is 12.1 Å². The largest absolute Gasteiger partial charge is 0.480 e. The number of carbonyl (C=O) groups excluding carboxylic acids is 1. The van der Waals surface area contributed by atoms with Crippen LogP contribution in [0.5, 0.6) is 0 Å². The first-order valence-corrected chi connectivity index (χ1v) is 6.87. The predicted molar refractivity (Wildman–Crippen MR) is 77.2 cm³/mol. The third-order valence-corrected chi connectivity index (χ3v) is 3.26. The molecule has 5 nitrogen and oxygen atoms in total. The van der Waals surface area contributed by atoms with Crippen LogP contribution in [0.25, 0.3) is 0 Å². The van der Waals surface area contributed by atoms with Gasteiger partial charge in [0.25, 0.3) is 0 Å². The molecule has 0 saturated carbocycles. The topological polar surface area (TPSA) is 78.4 Å². The second kappa shape index (κ2) is 7.73. The van der Waals surface area contributed by atoms with E-state index in [9.17, 15) is 19.1 Å². The van der Waals surface area contributed by atoms with Gasteiger partial charge < -0.3 is 10.4 Å². The Balaban J connectivity index is 2.43. The number of carboxylic acid groups (broad SMARTS) is 1. The van der Waals surface area contributed by atoms with Gasteiger partial charge in [-0.25, -0.2) is 4.39 Å². The molecule has 1 unspecified atom stereocenters. The van der Waals surface area contributed by atoms with Gasteiger partial charge in [0, 0.05) is 6.54 Å². The highest BCUT2D eigenvalue weighted by atomic mass is 19.1. The van der Waals surface area contributed by atoms with Crippen molar-refractivity contribution < 1.29 is 19.1 Å². The molecule has 0 heterocycles. The van der Waals surface area contributed by atoms with Gasteiger partial charge in [0.1, 0.15) is 11.4 Å². The second-order valence-corrected chi connectivity index (χ2v) is 5.14. The molecule has 1 rings (SSSR count). The van der Waals surface area contributed by atoms with Gasteiger partial charge in [0.05, 0.1) is 6.54 Å². The van der Waals surface area contributed by atoms with Crippen LogP contribution < -0.4 is 10.6 Å². The number of aliphatic carboxylic acids is 1. The fourth-order valence-electron chi connectivity index (χ4n) is 1.91. The van der Waals surface area contributed by atoms with Gasteiger partial charge in [0.15, 0.2) is 0 Å². The fraction of sp³-hybridized carbons (Fsp3) is 0.467. The molecule has 0 aliphatic carbocycles. The number of amides is 1. The van der Waals surface area contributed by atoms with Crippen LogP contribution in [-0.4, -0.2) is 29.1 Å². The summed E-state index contributed by atoms with van der Waals surface area (Å²) in [6.07, 6.45) is 1.14. The number of benzene rings is 1. The average Bonchev–Trinajstić information content (AvgIpc) is 2.44. The van der Waals surface area contributed by atoms with Crippen molar-refractivity contribution in [1.29, 1.82) is 0 Å². The minimum Gasteiger partial charge on any atom is -0.480 e. The minimum atomic E-state index is -1.11. The number of nitrogens with one attached hydrogen (secondary N) is 2. The molecule has 0 fully saturated rings. The molecule has 1 aromatic carbocycles. The zero-order chi connectivity index (χ0) is 15.9. The van der Waals surface area contributed by atoms with Gasteiger partial charge >= 0.3 is 5.97 Å². The van der Waals surface area contributed by atoms with Crippen LogP contribution in [0.15, 0.2) is 24.3 Å². The lowest BCUT2D eigenvalue weighted by Gasteiger charge is -2.25. The van der Waals surface area contributed by atoms with Crippen LogP contribution in [0.4, 0.5) is 4.39 Å². The van der Waals surface area contributed by atoms with Crippen LogP contribution in [0.1, 0.15) is 32.3 Å². The molecule has 21 heavy (non-hydrogen) atoms. The van der Waals surface area contributed by atoms with Gasteiger partial charge in [-0.1, -0.05) is 25.5 Å². The predicted octanol–water partition coefficient (Wildman–Crippen LogP) is 1.67. The summed E-state index contributed by atoms with van der Waals surface area (Å²) in [6, 6.07) is 5.81. The fourth-order valence-corrected chi connectivity index (χ4v) is 1.91. The highest BCUT2D eigenvalue weighted by Gasteiger charge is 2.31. The number of carboxylic acids is 1. The maximum absolute atomic E-state index is 12.7. The summed E-state index contributed by atoms with van der Waals surface area (Å²) in [7, 11) is 0. The van der Waals surface area contributed by atoms with Crippen molar-refractivity contribution in [2.45, 2.75) is 38.8 Å². The number of hydrogen-bond donors (Lipinski definition) is 3. The molecule has 6 heteroatoms. The van der Waals surface area contributed by atoms with Crippen LogP contribution in [0.3, 0.4) is 0 Å². The Morgan fingerprint density at radius 3 is 2.43 bits per heavy atom. The first-order valence-electron chi connectivity index (χ1n) is 6.87. The number of halogens is 1. The lowest BCUT2D eigenvalue weighted by molar-refractivity contribution is -0.144. The summed E-state index contributed by atoms with van der Waals surface area (Å²) in [5.41, 5.74) is -0.332. The Morgan fingerprint density at radius 1 is 1.29 bits per heavy atom. The molecule has 0 radical (unpaired) electrons. The summed E-state index contributed by atoms with van der Waals surface area (Å²) in [5, 5.41) is 14.6. The molecule has 3 N–H and O–H groups in total. The lowest BCUT2D eigenvalue weighted by atomic mass is 9.96. The van der Waals surface area contributed by atoms with Crippen molar-refractivity contribution in [3.63, 3.8) is 0 Å². The first-order chi connectivity index (χ1) is 9.87. The van der Waals surface area contributed by atoms with Crippen molar-refractivity contribution in [3.05, 3.63) is 35.6 Å². The molecule has 1 amide bonds. The summed E-state index contributed by atoms with van der Waals surface area (Å²) in [5.74, 6) is -1.61. The van der Waals surface area contributed by atoms with Gasteiger partial charge in [0.2, 0.25) is 5.91 Å². The Bertz CT molecular complexity index is 490. The molecule has 1 atom stereocenters. The highest BCUT2D eigenvalue weighted by molar-refractivity contribution is 5.81. The van der Waals surface area contributed by atoms with Crippen LogP contribution in [0.2, 0.25) is 0 Å². The summed E-state index contributed by atoms with van der Waals surface area (Å²) >= 11 is 0. The second-order valence-electron chi connectivity index (χ2n) is 5.14. The van der Waals surface area contributed by atoms with E-state index in [2.05, 4.69) is 10.6 Å². The molecular formula is C15H21FN2O3. The molecule has 0 aliphatic rings. The van der Waals surface area contributed by atoms with E-state index < -0.39 is 11.5 Å². The van der Waals surface area contributed by atoms with Gasteiger partial charge in [-0.3, -0.25) is 14.9 Å². The Morgan fingerprint density at radius 2 is 1.90 bits per heavy atom. The molecule has 0 aliphatic heterocycles. The monoisotopic (exact) mass is 296 g/mol. The maximum atomic E-state index is 12.7. The van der Waals surface area contributed by atoms with E-state index in [4.69, 9.17) is 0 Å². The van der Waals surface area contributed by atoms with Crippen molar-refractivity contribution in [3.8, 4) is 0 Å². The normalized spacial score (nSPS) is 13.5. The highest BCUT2D eigenvalue weighted by Crippen LogP contribution is 2.12. The van der Waals surface area contributed by atoms with E-state index >= 15 is 0 Å². The van der Waals surface area contributed by atoms with Gasteiger partial charge in [-0.05, 0) is 31.0 Å². The van der Waals surface area contributed by atoms with Crippen molar-refractivity contribution in [2.75, 3.05) is 6.54 Å². The smallest absolute Gasteiger partial charge is 0.323 e. The van der Waals surface area contributed by atoms with Gasteiger partial charge in [-0.2, -0.15) is 0 Å². The Kier molecular flexibility index (Phi) is 6.30. The third-order valence-electron chi connectivity index (χ3n) is 3.26. The lowest BCUT2D eigenvalue weighted by Crippen LogP contribution is -2.52. The number of carbonyl (C=O) groups is 2. The molecule has 0 aromatic heterocycles. The van der Waals surface area contributed by atoms with E-state index in [1.807, 2.05) is 6.92 Å².